The van der Waals surface area contributed by atoms with Crippen LogP contribution in [0.4, 0.5) is 9.18 Å². The van der Waals surface area contributed by atoms with Crippen molar-refractivity contribution < 1.29 is 57.4 Å². The average Bonchev–Trinajstić information content (AvgIpc) is 3.79. The Labute approximate surface area is 374 Å². The molecule has 14 heteroatoms. The van der Waals surface area contributed by atoms with Crippen molar-refractivity contribution in [3.05, 3.63) is 107 Å². The van der Waals surface area contributed by atoms with Gasteiger partial charge in [-0.15, -0.1) is 6.58 Å². The fourth-order valence-electron chi connectivity index (χ4n) is 10.2. The number of carbonyl (C=O) groups excluding carboxylic acids is 1. The molecule has 1 saturated heterocycles. The summed E-state index contributed by atoms with van der Waals surface area (Å²) in [4.78, 5) is 22.5. The van der Waals surface area contributed by atoms with Crippen LogP contribution in [-0.2, 0) is 32.2 Å². The van der Waals surface area contributed by atoms with Crippen molar-refractivity contribution in [3.63, 3.8) is 0 Å². The van der Waals surface area contributed by atoms with Crippen molar-refractivity contribution in [2.75, 3.05) is 39.8 Å². The molecule has 1 saturated carbocycles. The van der Waals surface area contributed by atoms with E-state index >= 15 is 0 Å². The zero-order chi connectivity index (χ0) is 44.5. The lowest BCUT2D eigenvalue weighted by atomic mass is 9.55. The second kappa shape index (κ2) is 21.2. The van der Waals surface area contributed by atoms with Gasteiger partial charge in [-0.3, -0.25) is 4.90 Å². The highest BCUT2D eigenvalue weighted by Gasteiger charge is 2.65. The van der Waals surface area contributed by atoms with Crippen LogP contribution in [-0.4, -0.2) is 84.9 Å². The van der Waals surface area contributed by atoms with Gasteiger partial charge in [0, 0.05) is 49.6 Å². The maximum atomic E-state index is 14.8. The van der Waals surface area contributed by atoms with Gasteiger partial charge in [0.1, 0.15) is 30.0 Å². The zero-order valence-electron chi connectivity index (χ0n) is 36.7. The number of fused-ring (bicyclic) bond motifs is 3. The summed E-state index contributed by atoms with van der Waals surface area (Å²) in [5, 5.41) is 24.9. The lowest BCUT2D eigenvalue weighted by Crippen LogP contribution is -2.70. The van der Waals surface area contributed by atoms with Crippen molar-refractivity contribution >= 4 is 11.8 Å². The Morgan fingerprint density at radius 3 is 2.59 bits per heavy atom. The molecule has 2 N–H and O–H groups in total. The van der Waals surface area contributed by atoms with E-state index in [4.69, 9.17) is 43.2 Å². The first-order chi connectivity index (χ1) is 31.4. The summed E-state index contributed by atoms with van der Waals surface area (Å²) in [6, 6.07) is 17.0. The van der Waals surface area contributed by atoms with E-state index in [0.29, 0.717) is 60.1 Å². The molecule has 0 bridgehead atoms. The topological polar surface area (TPSA) is 147 Å². The lowest BCUT2D eigenvalue weighted by Gasteiger charge is -2.59. The molecule has 1 unspecified atom stereocenters. The maximum Gasteiger partial charge on any atom is 0.410 e. The Morgan fingerprint density at radius 2 is 1.81 bits per heavy atom. The third kappa shape index (κ3) is 9.75. The lowest BCUT2D eigenvalue weighted by molar-refractivity contribution is -0.256. The minimum Gasteiger partial charge on any atom is -0.489 e. The van der Waals surface area contributed by atoms with Gasteiger partial charge >= 0.3 is 6.09 Å². The van der Waals surface area contributed by atoms with E-state index in [1.54, 1.807) is 36.1 Å². The summed E-state index contributed by atoms with van der Waals surface area (Å²) >= 11 is 0. The van der Waals surface area contributed by atoms with Crippen LogP contribution in [0, 0.1) is 23.6 Å². The monoisotopic (exact) mass is 884 g/mol. The Kier molecular flexibility index (Phi) is 15.1. The van der Waals surface area contributed by atoms with E-state index in [-0.39, 0.29) is 76.4 Å². The fourth-order valence-corrected chi connectivity index (χ4v) is 10.2. The number of halogens is 1. The summed E-state index contributed by atoms with van der Waals surface area (Å²) in [5.41, 5.74) is 3.63. The van der Waals surface area contributed by atoms with Gasteiger partial charge in [0.25, 0.3) is 0 Å². The molecule has 2 aliphatic carbocycles. The number of aliphatic hydroxyl groups is 2. The average molecular weight is 885 g/mol. The molecule has 3 aliphatic heterocycles. The predicted molar refractivity (Wildman–Crippen MR) is 235 cm³/mol. The number of hydrogen-bond acceptors (Lipinski definition) is 12. The quantitative estimate of drug-likeness (QED) is 0.0637. The number of benzene rings is 3. The number of nitrogens with zero attached hydrogens (tertiary/aromatic N) is 2. The first-order valence-electron chi connectivity index (χ1n) is 22.9. The van der Waals surface area contributed by atoms with Gasteiger partial charge in [0.15, 0.2) is 11.5 Å². The molecule has 1 amide bonds. The summed E-state index contributed by atoms with van der Waals surface area (Å²) < 4.78 is 58.8. The Balaban J connectivity index is 1.31. The van der Waals surface area contributed by atoms with Crippen LogP contribution in [0.3, 0.4) is 0 Å². The number of amides is 1. The summed E-state index contributed by atoms with van der Waals surface area (Å²) in [6.45, 7) is 7.00. The minimum atomic E-state index is -1.51. The van der Waals surface area contributed by atoms with Crippen LogP contribution >= 0.6 is 0 Å². The van der Waals surface area contributed by atoms with Crippen molar-refractivity contribution in [2.24, 2.45) is 22.9 Å². The standard InChI is InChI=1S/C50H61FN2O11/c1-3-24-62-50-45(53(49(56)57-4-2)30-33-18-20-43-44(26-33)61-32-60-43)29-41(52-64-46-17-9-12-25-58-46)38-27-34(13-7-10-22-54)37(15-8-11-23-55)47(48(38)50)39-28-36(19-21-42(39)63-50)59-31-35-14-5-6-16-40(35)51/h3,5-6,14,16,18-21,26-28,34,37,45-48,54-55H,1,4,7-13,15,17,22-25,29-32H2,2H3/t34-,37+,45-,46?,47+,48+,50+/m0/s1. The van der Waals surface area contributed by atoms with Gasteiger partial charge in [0.2, 0.25) is 18.9 Å². The molecule has 2 fully saturated rings. The predicted octanol–water partition coefficient (Wildman–Crippen LogP) is 8.95. The van der Waals surface area contributed by atoms with E-state index in [9.17, 15) is 19.4 Å². The third-order valence-corrected chi connectivity index (χ3v) is 13.1. The highest BCUT2D eigenvalue weighted by Crippen LogP contribution is 2.62. The molecule has 3 aromatic rings. The molecular formula is C50H61FN2O11. The smallest absolute Gasteiger partial charge is 0.410 e. The fraction of sp³-hybridized carbons (Fsp3) is 0.520. The Bertz CT molecular complexity index is 2140. The van der Waals surface area contributed by atoms with Crippen LogP contribution in [0.25, 0.3) is 0 Å². The molecule has 344 valence electrons. The third-order valence-electron chi connectivity index (χ3n) is 13.1. The highest BCUT2D eigenvalue weighted by atomic mass is 19.1. The molecule has 5 aliphatic rings. The van der Waals surface area contributed by atoms with Crippen LogP contribution in [0.2, 0.25) is 0 Å². The number of aliphatic hydroxyl groups excluding tert-OH is 2. The van der Waals surface area contributed by atoms with Crippen LogP contribution < -0.4 is 18.9 Å². The van der Waals surface area contributed by atoms with Gasteiger partial charge in [0.05, 0.1) is 31.5 Å². The molecule has 0 radical (unpaired) electrons. The van der Waals surface area contributed by atoms with Gasteiger partial charge in [-0.25, -0.2) is 9.18 Å². The number of oxime groups is 1. The van der Waals surface area contributed by atoms with Gasteiger partial charge in [-0.05, 0) is 105 Å². The van der Waals surface area contributed by atoms with Crippen LogP contribution in [0.1, 0.15) is 93.7 Å². The molecule has 0 aromatic heterocycles. The first kappa shape index (κ1) is 45.4. The largest absolute Gasteiger partial charge is 0.489 e. The summed E-state index contributed by atoms with van der Waals surface area (Å²) in [7, 11) is 0. The van der Waals surface area contributed by atoms with E-state index in [1.165, 1.54) is 6.07 Å². The SMILES string of the molecule is C=CCO[C@@]12Oc3ccc(OCc4ccccc4F)cc3[C@H]3[C@H](CCCCO)[C@@H](CCCCO)C=C(C(=NOC4CCCCO4)C[C@@H]1N(Cc1ccc4c(c1)OCO4)C(=O)OCC)[C@H]32. The molecule has 7 atom stereocenters. The van der Waals surface area contributed by atoms with E-state index < -0.39 is 30.1 Å². The number of carbonyl (C=O) groups is 1. The van der Waals surface area contributed by atoms with Crippen molar-refractivity contribution in [1.82, 2.24) is 4.90 Å². The molecule has 0 spiro atoms. The number of hydrogen-bond donors (Lipinski definition) is 2. The molecule has 64 heavy (non-hydrogen) atoms. The van der Waals surface area contributed by atoms with Crippen molar-refractivity contribution in [2.45, 2.75) is 108 Å². The molecular weight excluding hydrogens is 824 g/mol. The Hall–Kier alpha value is -5.15. The second-order valence-electron chi connectivity index (χ2n) is 17.1. The van der Waals surface area contributed by atoms with Crippen molar-refractivity contribution in [1.29, 1.82) is 0 Å². The van der Waals surface area contributed by atoms with Crippen LogP contribution in [0.15, 0.2) is 90.1 Å². The summed E-state index contributed by atoms with van der Waals surface area (Å²) in [6.07, 6.45) is 10.0. The molecule has 8 rings (SSSR count). The molecule has 3 aromatic carbocycles. The Morgan fingerprint density at radius 1 is 1.00 bits per heavy atom. The minimum absolute atomic E-state index is 0.0114. The zero-order valence-corrected chi connectivity index (χ0v) is 36.7. The van der Waals surface area contributed by atoms with Crippen LogP contribution in [0.5, 0.6) is 23.0 Å². The second-order valence-corrected chi connectivity index (χ2v) is 17.1. The van der Waals surface area contributed by atoms with Gasteiger partial charge in [-0.1, -0.05) is 54.4 Å². The number of ether oxygens (including phenoxy) is 7. The van der Waals surface area contributed by atoms with E-state index in [2.05, 4.69) is 12.7 Å². The van der Waals surface area contributed by atoms with E-state index in [1.807, 2.05) is 36.4 Å². The summed E-state index contributed by atoms with van der Waals surface area (Å²) in [5.74, 6) is -0.392. The number of rotatable bonds is 20. The number of allylic oxidation sites excluding steroid dienone is 1. The van der Waals surface area contributed by atoms with Gasteiger partial charge < -0.3 is 48.2 Å². The maximum absolute atomic E-state index is 14.8. The van der Waals surface area contributed by atoms with Crippen molar-refractivity contribution in [3.8, 4) is 23.0 Å². The number of unbranched alkanes of at least 4 members (excludes halogenated alkanes) is 2. The molecule has 3 heterocycles. The van der Waals surface area contributed by atoms with E-state index in [0.717, 1.165) is 55.2 Å². The van der Waals surface area contributed by atoms with Gasteiger partial charge in [-0.2, -0.15) is 0 Å². The normalized spacial score (nSPS) is 25.9. The first-order valence-corrected chi connectivity index (χ1v) is 22.9. The molecule has 13 nitrogen and oxygen atoms in total. The highest BCUT2D eigenvalue weighted by molar-refractivity contribution is 6.03.